The Morgan fingerprint density at radius 1 is 1.45 bits per heavy atom. The second kappa shape index (κ2) is 8.71. The Balaban J connectivity index is 1.84. The Hall–Kier alpha value is -2.12. The molecule has 3 rings (SSSR count). The van der Waals surface area contributed by atoms with Crippen molar-refractivity contribution in [2.75, 3.05) is 23.8 Å². The zero-order valence-electron chi connectivity index (χ0n) is 16.4. The fourth-order valence-electron chi connectivity index (χ4n) is 3.15. The molecule has 0 radical (unpaired) electrons. The maximum Gasteiger partial charge on any atom is 0.429 e. The molecule has 12 heteroatoms. The van der Waals surface area contributed by atoms with E-state index in [1.54, 1.807) is 18.0 Å². The summed E-state index contributed by atoms with van der Waals surface area (Å²) in [5.74, 6) is 0. The number of benzene rings is 1. The van der Waals surface area contributed by atoms with E-state index in [9.17, 15) is 18.3 Å². The molecule has 0 spiro atoms. The van der Waals surface area contributed by atoms with Crippen molar-refractivity contribution in [2.45, 2.75) is 56.0 Å². The van der Waals surface area contributed by atoms with E-state index in [1.165, 1.54) is 19.1 Å². The van der Waals surface area contributed by atoms with Crippen LogP contribution < -0.4 is 21.3 Å². The number of carbonyl (C=O) groups excluding carboxylic acids is 1. The summed E-state index contributed by atoms with van der Waals surface area (Å²) < 4.78 is 26.6. The van der Waals surface area contributed by atoms with Crippen molar-refractivity contribution in [3.8, 4) is 0 Å². The predicted octanol–water partition coefficient (Wildman–Crippen LogP) is 0.678. The van der Waals surface area contributed by atoms with Crippen molar-refractivity contribution in [1.82, 2.24) is 9.95 Å². The average Bonchev–Trinajstić information content (AvgIpc) is 3.27. The molecule has 1 saturated carbocycles. The number of nitrogens with two attached hydrogens (primary N) is 1. The van der Waals surface area contributed by atoms with Crippen LogP contribution in [0.15, 0.2) is 23.1 Å². The molecule has 5 N–H and O–H groups in total. The molecule has 2 unspecified atom stereocenters. The molecule has 0 bridgehead atoms. The van der Waals surface area contributed by atoms with Crippen LogP contribution in [0.25, 0.3) is 0 Å². The van der Waals surface area contributed by atoms with E-state index in [0.29, 0.717) is 24.2 Å². The number of amides is 1. The molecular weight excluding hydrogens is 402 g/mol. The second-order valence-electron chi connectivity index (χ2n) is 7.20. The van der Waals surface area contributed by atoms with Gasteiger partial charge in [0.25, 0.3) is 10.0 Å². The molecule has 29 heavy (non-hydrogen) atoms. The molecule has 11 nitrogen and oxygen atoms in total. The van der Waals surface area contributed by atoms with Crippen LogP contribution in [0.4, 0.5) is 16.2 Å². The smallest absolute Gasteiger partial charge is 0.392 e. The zero-order valence-corrected chi connectivity index (χ0v) is 17.2. The van der Waals surface area contributed by atoms with Crippen LogP contribution in [-0.2, 0) is 19.7 Å². The molecule has 2 atom stereocenters. The summed E-state index contributed by atoms with van der Waals surface area (Å²) in [6.45, 7) is 1.38. The van der Waals surface area contributed by atoms with Crippen molar-refractivity contribution >= 4 is 27.5 Å². The Morgan fingerprint density at radius 2 is 2.14 bits per heavy atom. The van der Waals surface area contributed by atoms with Crippen molar-refractivity contribution in [3.05, 3.63) is 18.2 Å². The zero-order chi connectivity index (χ0) is 21.2. The number of aliphatic hydroxyl groups excluding tert-OH is 1. The predicted molar refractivity (Wildman–Crippen MR) is 105 cm³/mol. The van der Waals surface area contributed by atoms with E-state index in [0.717, 1.165) is 12.8 Å². The Bertz CT molecular complexity index is 843. The van der Waals surface area contributed by atoms with Gasteiger partial charge in [-0.1, -0.05) is 12.8 Å². The van der Waals surface area contributed by atoms with Gasteiger partial charge in [0, 0.05) is 13.6 Å². The van der Waals surface area contributed by atoms with Gasteiger partial charge in [-0.25, -0.2) is 18.0 Å². The summed E-state index contributed by atoms with van der Waals surface area (Å²) in [6.07, 6.45) is 0.423. The summed E-state index contributed by atoms with van der Waals surface area (Å²) in [5.41, 5.74) is 7.20. The van der Waals surface area contributed by atoms with Gasteiger partial charge in [-0.3, -0.25) is 5.73 Å². The van der Waals surface area contributed by atoms with E-state index in [-0.39, 0.29) is 22.2 Å². The van der Waals surface area contributed by atoms with E-state index in [2.05, 4.69) is 10.6 Å². The number of nitrogens with zero attached hydrogens (tertiary/aromatic N) is 2. The standard InChI is InChI=1S/C17H27N5O6S/c1-11(23)10-19-17(24)28-22(27-12-5-3-4-6-12)29(25,26)13-7-8-14-15(9-13)21(2)16(18)20-14/h7-9,11-12,16,20,23H,3-6,10,18H2,1-2H3,(H,19,24). The van der Waals surface area contributed by atoms with Crippen LogP contribution in [0.2, 0.25) is 0 Å². The molecule has 1 heterocycles. The summed E-state index contributed by atoms with van der Waals surface area (Å²) in [4.78, 5) is 24.1. The number of carbonyl (C=O) groups is 1. The number of hydrogen-bond donors (Lipinski definition) is 4. The van der Waals surface area contributed by atoms with Crippen molar-refractivity contribution < 1.29 is 28.0 Å². The van der Waals surface area contributed by atoms with E-state index in [1.807, 2.05) is 0 Å². The molecule has 0 aromatic heterocycles. The van der Waals surface area contributed by atoms with Crippen molar-refractivity contribution in [3.63, 3.8) is 0 Å². The number of anilines is 2. The van der Waals surface area contributed by atoms with E-state index >= 15 is 0 Å². The highest BCUT2D eigenvalue weighted by molar-refractivity contribution is 7.88. The van der Waals surface area contributed by atoms with Crippen molar-refractivity contribution in [2.24, 2.45) is 5.73 Å². The molecule has 2 aliphatic rings. The minimum Gasteiger partial charge on any atom is -0.392 e. The molecule has 1 aromatic carbocycles. The maximum atomic E-state index is 13.2. The molecule has 1 aromatic rings. The molecule has 0 saturated heterocycles. The minimum atomic E-state index is -4.31. The first-order chi connectivity index (χ1) is 13.7. The first kappa shape index (κ1) is 21.6. The largest absolute Gasteiger partial charge is 0.429 e. The number of fused-ring (bicyclic) bond motifs is 1. The topological polar surface area (TPSA) is 146 Å². The number of sulfonamides is 1. The van der Waals surface area contributed by atoms with Gasteiger partial charge in [-0.2, -0.15) is 0 Å². The quantitative estimate of drug-likeness (QED) is 0.459. The van der Waals surface area contributed by atoms with E-state index < -0.39 is 28.5 Å². The Morgan fingerprint density at radius 3 is 2.79 bits per heavy atom. The third-order valence-electron chi connectivity index (χ3n) is 4.80. The summed E-state index contributed by atoms with van der Waals surface area (Å²) in [5, 5.41) is 14.6. The van der Waals surface area contributed by atoms with Gasteiger partial charge in [-0.05, 0) is 38.0 Å². The van der Waals surface area contributed by atoms with Crippen LogP contribution in [0.1, 0.15) is 32.6 Å². The van der Waals surface area contributed by atoms with Crippen LogP contribution >= 0.6 is 0 Å². The highest BCUT2D eigenvalue weighted by atomic mass is 32.2. The lowest BCUT2D eigenvalue weighted by Gasteiger charge is -2.23. The summed E-state index contributed by atoms with van der Waals surface area (Å²) in [7, 11) is -2.59. The molecular formula is C17H27N5O6S. The van der Waals surface area contributed by atoms with Gasteiger partial charge in [-0.15, -0.1) is 0 Å². The molecule has 1 aliphatic heterocycles. The van der Waals surface area contributed by atoms with Crippen LogP contribution in [0.3, 0.4) is 0 Å². The van der Waals surface area contributed by atoms with Crippen LogP contribution in [0, 0.1) is 0 Å². The SMILES string of the molecule is CC(O)CNC(=O)ON(OC1CCCC1)S(=O)(=O)c1ccc2c(c1)N(C)C(N)N2. The lowest BCUT2D eigenvalue weighted by Crippen LogP contribution is -2.41. The normalized spacial score (nSPS) is 20.4. The third kappa shape index (κ3) is 4.90. The highest BCUT2D eigenvalue weighted by Gasteiger charge is 2.35. The van der Waals surface area contributed by atoms with Gasteiger partial charge < -0.3 is 25.5 Å². The van der Waals surface area contributed by atoms with Gasteiger partial charge >= 0.3 is 6.09 Å². The van der Waals surface area contributed by atoms with Gasteiger partial charge in [0.1, 0.15) is 4.63 Å². The van der Waals surface area contributed by atoms with Gasteiger partial charge in [0.05, 0.1) is 28.5 Å². The maximum absolute atomic E-state index is 13.2. The molecule has 1 fully saturated rings. The first-order valence-corrected chi connectivity index (χ1v) is 10.9. The summed E-state index contributed by atoms with van der Waals surface area (Å²) >= 11 is 0. The van der Waals surface area contributed by atoms with Crippen LogP contribution in [0.5, 0.6) is 0 Å². The summed E-state index contributed by atoms with van der Waals surface area (Å²) in [6, 6.07) is 4.41. The van der Waals surface area contributed by atoms with Crippen molar-refractivity contribution in [1.29, 1.82) is 0 Å². The minimum absolute atomic E-state index is 0.0939. The Labute approximate surface area is 169 Å². The second-order valence-corrected chi connectivity index (χ2v) is 8.92. The molecule has 1 aliphatic carbocycles. The number of hydrogen-bond acceptors (Lipinski definition) is 9. The van der Waals surface area contributed by atoms with E-state index in [4.69, 9.17) is 15.4 Å². The fourth-order valence-corrected chi connectivity index (χ4v) is 4.23. The number of nitrogens with one attached hydrogen (secondary N) is 2. The van der Waals surface area contributed by atoms with Gasteiger partial charge in [0.2, 0.25) is 0 Å². The lowest BCUT2D eigenvalue weighted by molar-refractivity contribution is -0.287. The monoisotopic (exact) mass is 429 g/mol. The van der Waals surface area contributed by atoms with Gasteiger partial charge in [0.15, 0.2) is 6.29 Å². The Kier molecular flexibility index (Phi) is 6.49. The highest BCUT2D eigenvalue weighted by Crippen LogP contribution is 2.35. The average molecular weight is 429 g/mol. The molecule has 1 amide bonds. The lowest BCUT2D eigenvalue weighted by atomic mass is 10.3. The number of aliphatic hydroxyl groups is 1. The fraction of sp³-hybridized carbons (Fsp3) is 0.588. The number of rotatable bonds is 7. The third-order valence-corrected chi connectivity index (χ3v) is 6.20. The molecule has 162 valence electrons. The first-order valence-electron chi connectivity index (χ1n) is 9.43. The van der Waals surface area contributed by atoms with Crippen LogP contribution in [-0.4, -0.2) is 56.3 Å².